The molecule has 1 aromatic carbocycles. The Bertz CT molecular complexity index is 397. The Morgan fingerprint density at radius 2 is 1.53 bits per heavy atom. The van der Waals surface area contributed by atoms with Gasteiger partial charge in [-0.1, -0.05) is 55.0 Å². The van der Waals surface area contributed by atoms with Crippen molar-refractivity contribution >= 4 is 0 Å². The van der Waals surface area contributed by atoms with Crippen LogP contribution in [0.4, 0.5) is 0 Å². The first-order chi connectivity index (χ1) is 8.99. The molecule has 0 aliphatic heterocycles. The molecule has 1 aliphatic carbocycles. The van der Waals surface area contributed by atoms with Gasteiger partial charge in [0.05, 0.1) is 11.7 Å². The fourth-order valence-electron chi connectivity index (χ4n) is 3.27. The Hall–Kier alpha value is -0.860. The van der Waals surface area contributed by atoms with Crippen molar-refractivity contribution in [1.29, 1.82) is 0 Å². The van der Waals surface area contributed by atoms with Crippen molar-refractivity contribution in [2.75, 3.05) is 0 Å². The minimum Gasteiger partial charge on any atom is -0.390 e. The van der Waals surface area contributed by atoms with Gasteiger partial charge in [0.15, 0.2) is 0 Å². The minimum absolute atomic E-state index is 0.555. The van der Waals surface area contributed by atoms with E-state index < -0.39 is 11.7 Å². The third kappa shape index (κ3) is 3.80. The standard InChI is InChI=1S/C17H26O2/c1-13-9-14(2)11-15(10-13)12-16(18)17(19)7-5-3-4-6-8-17/h9-11,16,18-19H,3-8,12H2,1-2H3. The molecule has 1 unspecified atom stereocenters. The molecule has 1 fully saturated rings. The van der Waals surface area contributed by atoms with Crippen molar-refractivity contribution in [2.24, 2.45) is 0 Å². The quantitative estimate of drug-likeness (QED) is 0.821. The van der Waals surface area contributed by atoms with E-state index in [1.54, 1.807) is 0 Å². The van der Waals surface area contributed by atoms with Crippen molar-refractivity contribution in [2.45, 2.75) is 70.5 Å². The SMILES string of the molecule is Cc1cc(C)cc(CC(O)C2(O)CCCCCC2)c1. The van der Waals surface area contributed by atoms with Gasteiger partial charge in [-0.15, -0.1) is 0 Å². The summed E-state index contributed by atoms with van der Waals surface area (Å²) in [4.78, 5) is 0. The van der Waals surface area contributed by atoms with Crippen molar-refractivity contribution in [1.82, 2.24) is 0 Å². The van der Waals surface area contributed by atoms with E-state index in [4.69, 9.17) is 0 Å². The van der Waals surface area contributed by atoms with Gasteiger partial charge < -0.3 is 10.2 Å². The van der Waals surface area contributed by atoms with Gasteiger partial charge in [-0.25, -0.2) is 0 Å². The molecule has 0 spiro atoms. The number of aryl methyl sites for hydroxylation is 2. The number of rotatable bonds is 3. The number of aliphatic hydroxyl groups excluding tert-OH is 1. The van der Waals surface area contributed by atoms with E-state index in [0.717, 1.165) is 31.2 Å². The Morgan fingerprint density at radius 3 is 2.05 bits per heavy atom. The first-order valence-corrected chi connectivity index (χ1v) is 7.47. The lowest BCUT2D eigenvalue weighted by Crippen LogP contribution is -2.43. The van der Waals surface area contributed by atoms with Crippen LogP contribution in [0.25, 0.3) is 0 Å². The maximum Gasteiger partial charge on any atom is 0.0908 e. The number of hydrogen-bond acceptors (Lipinski definition) is 2. The van der Waals surface area contributed by atoms with E-state index >= 15 is 0 Å². The molecule has 2 rings (SSSR count). The van der Waals surface area contributed by atoms with E-state index in [1.807, 2.05) is 0 Å². The highest BCUT2D eigenvalue weighted by atomic mass is 16.3. The monoisotopic (exact) mass is 262 g/mol. The van der Waals surface area contributed by atoms with Crippen LogP contribution >= 0.6 is 0 Å². The third-order valence-electron chi connectivity index (χ3n) is 4.30. The smallest absolute Gasteiger partial charge is 0.0908 e. The van der Waals surface area contributed by atoms with Crippen LogP contribution in [0.1, 0.15) is 55.2 Å². The highest BCUT2D eigenvalue weighted by Crippen LogP contribution is 2.31. The molecule has 1 atom stereocenters. The van der Waals surface area contributed by atoms with E-state index in [0.29, 0.717) is 6.42 Å². The van der Waals surface area contributed by atoms with E-state index in [9.17, 15) is 10.2 Å². The molecule has 1 saturated carbocycles. The van der Waals surface area contributed by atoms with Crippen LogP contribution in [-0.4, -0.2) is 21.9 Å². The number of benzene rings is 1. The van der Waals surface area contributed by atoms with Crippen molar-refractivity contribution < 1.29 is 10.2 Å². The molecule has 1 aliphatic rings. The van der Waals surface area contributed by atoms with Gasteiger partial charge in [-0.3, -0.25) is 0 Å². The number of hydrogen-bond donors (Lipinski definition) is 2. The van der Waals surface area contributed by atoms with Gasteiger partial charge in [0, 0.05) is 6.42 Å². The van der Waals surface area contributed by atoms with Gasteiger partial charge in [-0.05, 0) is 32.3 Å². The second kappa shape index (κ2) is 6.06. The largest absolute Gasteiger partial charge is 0.390 e. The van der Waals surface area contributed by atoms with Crippen LogP contribution in [0.5, 0.6) is 0 Å². The average molecular weight is 262 g/mol. The van der Waals surface area contributed by atoms with E-state index in [2.05, 4.69) is 32.0 Å². The summed E-state index contributed by atoms with van der Waals surface area (Å²) < 4.78 is 0. The lowest BCUT2D eigenvalue weighted by Gasteiger charge is -2.32. The molecule has 106 valence electrons. The van der Waals surface area contributed by atoms with Crippen molar-refractivity contribution in [3.05, 3.63) is 34.9 Å². The van der Waals surface area contributed by atoms with Gasteiger partial charge in [0.1, 0.15) is 0 Å². The summed E-state index contributed by atoms with van der Waals surface area (Å²) >= 11 is 0. The fraction of sp³-hybridized carbons (Fsp3) is 0.647. The molecule has 2 heteroatoms. The van der Waals surface area contributed by atoms with E-state index in [1.165, 1.54) is 24.0 Å². The summed E-state index contributed by atoms with van der Waals surface area (Å²) in [6.07, 6.45) is 5.79. The molecule has 0 amide bonds. The summed E-state index contributed by atoms with van der Waals surface area (Å²) in [5.41, 5.74) is 2.68. The van der Waals surface area contributed by atoms with Crippen LogP contribution in [0.15, 0.2) is 18.2 Å². The highest BCUT2D eigenvalue weighted by molar-refractivity contribution is 5.29. The van der Waals surface area contributed by atoms with Crippen molar-refractivity contribution in [3.63, 3.8) is 0 Å². The first-order valence-electron chi connectivity index (χ1n) is 7.47. The number of aliphatic hydroxyl groups is 2. The van der Waals surface area contributed by atoms with Crippen LogP contribution in [0.2, 0.25) is 0 Å². The fourth-order valence-corrected chi connectivity index (χ4v) is 3.27. The summed E-state index contributed by atoms with van der Waals surface area (Å²) in [6, 6.07) is 6.35. The molecule has 0 saturated heterocycles. The highest BCUT2D eigenvalue weighted by Gasteiger charge is 2.35. The molecule has 2 N–H and O–H groups in total. The van der Waals surface area contributed by atoms with Gasteiger partial charge >= 0.3 is 0 Å². The maximum absolute atomic E-state index is 10.7. The molecule has 0 aromatic heterocycles. The second-order valence-corrected chi connectivity index (χ2v) is 6.23. The van der Waals surface area contributed by atoms with Crippen LogP contribution in [0.3, 0.4) is 0 Å². The summed E-state index contributed by atoms with van der Waals surface area (Å²) in [6.45, 7) is 4.15. The topological polar surface area (TPSA) is 40.5 Å². The van der Waals surface area contributed by atoms with E-state index in [-0.39, 0.29) is 0 Å². The summed E-state index contributed by atoms with van der Waals surface area (Å²) in [5.74, 6) is 0. The summed E-state index contributed by atoms with van der Waals surface area (Å²) in [7, 11) is 0. The molecule has 2 nitrogen and oxygen atoms in total. The Labute approximate surface area is 116 Å². The second-order valence-electron chi connectivity index (χ2n) is 6.23. The molecule has 1 aromatic rings. The normalized spacial score (nSPS) is 20.8. The zero-order valence-electron chi connectivity index (χ0n) is 12.2. The van der Waals surface area contributed by atoms with Crippen LogP contribution in [-0.2, 0) is 6.42 Å². The van der Waals surface area contributed by atoms with Gasteiger partial charge in [-0.2, -0.15) is 0 Å². The predicted octanol–water partition coefficient (Wildman–Crippen LogP) is 3.29. The molecule has 0 radical (unpaired) electrons. The first kappa shape index (κ1) is 14.5. The minimum atomic E-state index is -0.881. The Kier molecular flexibility index (Phi) is 4.64. The van der Waals surface area contributed by atoms with Crippen LogP contribution in [0, 0.1) is 13.8 Å². The molecular weight excluding hydrogens is 236 g/mol. The molecule has 0 bridgehead atoms. The zero-order chi connectivity index (χ0) is 13.9. The summed E-state index contributed by atoms with van der Waals surface area (Å²) in [5, 5.41) is 21.1. The lowest BCUT2D eigenvalue weighted by molar-refractivity contribution is -0.0836. The molecule has 0 heterocycles. The van der Waals surface area contributed by atoms with Gasteiger partial charge in [0.2, 0.25) is 0 Å². The average Bonchev–Trinajstić information content (AvgIpc) is 2.53. The molecular formula is C17H26O2. The van der Waals surface area contributed by atoms with Crippen molar-refractivity contribution in [3.8, 4) is 0 Å². The third-order valence-corrected chi connectivity index (χ3v) is 4.30. The lowest BCUT2D eigenvalue weighted by atomic mass is 9.85. The van der Waals surface area contributed by atoms with Crippen LogP contribution < -0.4 is 0 Å². The Morgan fingerprint density at radius 1 is 1.00 bits per heavy atom. The predicted molar refractivity (Wildman–Crippen MR) is 78.3 cm³/mol. The molecule has 19 heavy (non-hydrogen) atoms. The van der Waals surface area contributed by atoms with Gasteiger partial charge in [0.25, 0.3) is 0 Å². The maximum atomic E-state index is 10.7. The Balaban J connectivity index is 2.08. The zero-order valence-corrected chi connectivity index (χ0v) is 12.2.